The Balaban J connectivity index is 1.85. The van der Waals surface area contributed by atoms with Crippen molar-refractivity contribution in [3.8, 4) is 0 Å². The first-order valence-corrected chi connectivity index (χ1v) is 7.29. The van der Waals surface area contributed by atoms with E-state index >= 15 is 0 Å². The van der Waals surface area contributed by atoms with Gasteiger partial charge in [0.1, 0.15) is 5.82 Å². The van der Waals surface area contributed by atoms with E-state index in [9.17, 15) is 0 Å². The summed E-state index contributed by atoms with van der Waals surface area (Å²) in [5.74, 6) is 1.44. The molecule has 0 amide bonds. The van der Waals surface area contributed by atoms with Crippen LogP contribution < -0.4 is 10.2 Å². The van der Waals surface area contributed by atoms with Crippen molar-refractivity contribution < 1.29 is 0 Å². The molecule has 1 aliphatic heterocycles. The van der Waals surface area contributed by atoms with Crippen LogP contribution in [0, 0.1) is 0 Å². The molecule has 0 radical (unpaired) electrons. The van der Waals surface area contributed by atoms with E-state index in [1.807, 2.05) is 6.07 Å². The lowest BCUT2D eigenvalue weighted by Crippen LogP contribution is -2.19. The van der Waals surface area contributed by atoms with Gasteiger partial charge in [-0.3, -0.25) is 0 Å². The molecule has 2 aromatic rings. The molecule has 0 saturated carbocycles. The Morgan fingerprint density at radius 1 is 1.05 bits per heavy atom. The molecule has 1 aromatic carbocycles. The number of hydrogen-bond donors (Lipinski definition) is 1. The minimum absolute atomic E-state index is 0.504. The zero-order valence-corrected chi connectivity index (χ0v) is 12.3. The molecule has 0 spiro atoms. The smallest absolute Gasteiger partial charge is 0.229 e. The molecule has 104 valence electrons. The summed E-state index contributed by atoms with van der Waals surface area (Å²) < 4.78 is 0. The molecule has 0 atom stereocenters. The Labute approximate surface area is 127 Å². The second-order valence-electron chi connectivity index (χ2n) is 4.65. The SMILES string of the molecule is Clc1cccc(Cl)c1Nc1nccc(N2CCCC2)n1. The van der Waals surface area contributed by atoms with Crippen molar-refractivity contribution in [3.63, 3.8) is 0 Å². The zero-order valence-electron chi connectivity index (χ0n) is 10.8. The number of nitrogens with zero attached hydrogens (tertiary/aromatic N) is 3. The largest absolute Gasteiger partial charge is 0.356 e. The zero-order chi connectivity index (χ0) is 13.9. The molecular weight excluding hydrogens is 295 g/mol. The average molecular weight is 309 g/mol. The van der Waals surface area contributed by atoms with Crippen molar-refractivity contribution in [3.05, 3.63) is 40.5 Å². The van der Waals surface area contributed by atoms with Gasteiger partial charge in [0.05, 0.1) is 15.7 Å². The van der Waals surface area contributed by atoms with Gasteiger partial charge in [0, 0.05) is 19.3 Å². The van der Waals surface area contributed by atoms with Crippen LogP contribution in [0.25, 0.3) is 0 Å². The van der Waals surface area contributed by atoms with Gasteiger partial charge in [-0.15, -0.1) is 0 Å². The molecule has 0 unspecified atom stereocenters. The molecule has 1 saturated heterocycles. The number of halogens is 2. The Kier molecular flexibility index (Phi) is 3.94. The Bertz CT molecular complexity index is 592. The molecule has 6 heteroatoms. The van der Waals surface area contributed by atoms with E-state index in [1.165, 1.54) is 12.8 Å². The van der Waals surface area contributed by atoms with Crippen LogP contribution in [0.2, 0.25) is 10.0 Å². The van der Waals surface area contributed by atoms with E-state index in [0.717, 1.165) is 18.9 Å². The predicted molar refractivity (Wildman–Crippen MR) is 83.2 cm³/mol. The summed E-state index contributed by atoms with van der Waals surface area (Å²) in [6, 6.07) is 7.28. The third-order valence-corrected chi connectivity index (χ3v) is 3.90. The highest BCUT2D eigenvalue weighted by Crippen LogP contribution is 2.32. The Hall–Kier alpha value is -1.52. The van der Waals surface area contributed by atoms with Crippen LogP contribution in [0.3, 0.4) is 0 Å². The lowest BCUT2D eigenvalue weighted by atomic mass is 10.3. The van der Waals surface area contributed by atoms with E-state index in [1.54, 1.807) is 24.4 Å². The van der Waals surface area contributed by atoms with Crippen LogP contribution >= 0.6 is 23.2 Å². The van der Waals surface area contributed by atoms with Gasteiger partial charge in [-0.05, 0) is 31.0 Å². The highest BCUT2D eigenvalue weighted by atomic mass is 35.5. The first-order chi connectivity index (χ1) is 9.74. The second kappa shape index (κ2) is 5.85. The first kappa shape index (κ1) is 13.5. The highest BCUT2D eigenvalue weighted by molar-refractivity contribution is 6.39. The second-order valence-corrected chi connectivity index (χ2v) is 5.47. The quantitative estimate of drug-likeness (QED) is 0.925. The summed E-state index contributed by atoms with van der Waals surface area (Å²) in [4.78, 5) is 11.0. The molecule has 2 heterocycles. The lowest BCUT2D eigenvalue weighted by Gasteiger charge is -2.17. The van der Waals surface area contributed by atoms with Crippen molar-refractivity contribution in [2.24, 2.45) is 0 Å². The fourth-order valence-corrected chi connectivity index (χ4v) is 2.75. The minimum Gasteiger partial charge on any atom is -0.356 e. The molecule has 3 rings (SSSR count). The van der Waals surface area contributed by atoms with Gasteiger partial charge in [-0.2, -0.15) is 4.98 Å². The number of rotatable bonds is 3. The number of hydrogen-bond acceptors (Lipinski definition) is 4. The van der Waals surface area contributed by atoms with E-state index < -0.39 is 0 Å². The summed E-state index contributed by atoms with van der Waals surface area (Å²) in [6.07, 6.45) is 4.17. The fraction of sp³-hybridized carbons (Fsp3) is 0.286. The maximum absolute atomic E-state index is 6.13. The summed E-state index contributed by atoms with van der Waals surface area (Å²) >= 11 is 12.3. The average Bonchev–Trinajstić information content (AvgIpc) is 2.98. The molecule has 1 fully saturated rings. The molecular formula is C14H14Cl2N4. The standard InChI is InChI=1S/C14H14Cl2N4/c15-10-4-3-5-11(16)13(10)19-14-17-7-6-12(18-14)20-8-1-2-9-20/h3-7H,1-2,8-9H2,(H,17,18,19). The Morgan fingerprint density at radius 2 is 1.75 bits per heavy atom. The van der Waals surface area contributed by atoms with Crippen LogP contribution in [0.15, 0.2) is 30.5 Å². The summed E-state index contributed by atoms with van der Waals surface area (Å²) in [5, 5.41) is 4.19. The normalized spacial score (nSPS) is 14.6. The summed E-state index contributed by atoms with van der Waals surface area (Å²) in [6.45, 7) is 2.09. The van der Waals surface area contributed by atoms with Gasteiger partial charge >= 0.3 is 0 Å². The van der Waals surface area contributed by atoms with Gasteiger partial charge in [0.15, 0.2) is 0 Å². The van der Waals surface area contributed by atoms with E-state index in [2.05, 4.69) is 20.2 Å². The molecule has 4 nitrogen and oxygen atoms in total. The van der Waals surface area contributed by atoms with Gasteiger partial charge in [0.25, 0.3) is 0 Å². The van der Waals surface area contributed by atoms with Crippen molar-refractivity contribution in [1.82, 2.24) is 9.97 Å². The van der Waals surface area contributed by atoms with Crippen molar-refractivity contribution >= 4 is 40.7 Å². The summed E-state index contributed by atoms with van der Waals surface area (Å²) in [5.41, 5.74) is 0.634. The highest BCUT2D eigenvalue weighted by Gasteiger charge is 2.14. The summed E-state index contributed by atoms with van der Waals surface area (Å²) in [7, 11) is 0. The van der Waals surface area contributed by atoms with Crippen molar-refractivity contribution in [1.29, 1.82) is 0 Å². The topological polar surface area (TPSA) is 41.1 Å². The van der Waals surface area contributed by atoms with Crippen molar-refractivity contribution in [2.75, 3.05) is 23.3 Å². The number of para-hydroxylation sites is 1. The van der Waals surface area contributed by atoms with Crippen LogP contribution in [-0.4, -0.2) is 23.1 Å². The Morgan fingerprint density at radius 3 is 2.45 bits per heavy atom. The van der Waals surface area contributed by atoms with Gasteiger partial charge in [0.2, 0.25) is 5.95 Å². The third-order valence-electron chi connectivity index (χ3n) is 3.27. The molecule has 0 aliphatic carbocycles. The van der Waals surface area contributed by atoms with Gasteiger partial charge < -0.3 is 10.2 Å². The van der Waals surface area contributed by atoms with Gasteiger partial charge in [-0.1, -0.05) is 29.3 Å². The van der Waals surface area contributed by atoms with Crippen molar-refractivity contribution in [2.45, 2.75) is 12.8 Å². The van der Waals surface area contributed by atoms with E-state index in [4.69, 9.17) is 23.2 Å². The maximum atomic E-state index is 6.13. The molecule has 1 aromatic heterocycles. The van der Waals surface area contributed by atoms with Crippen LogP contribution in [-0.2, 0) is 0 Å². The van der Waals surface area contributed by atoms with Crippen LogP contribution in [0.4, 0.5) is 17.5 Å². The van der Waals surface area contributed by atoms with Gasteiger partial charge in [-0.25, -0.2) is 4.98 Å². The predicted octanol–water partition coefficient (Wildman–Crippen LogP) is 4.13. The lowest BCUT2D eigenvalue weighted by molar-refractivity contribution is 0.930. The minimum atomic E-state index is 0.504. The molecule has 1 aliphatic rings. The molecule has 1 N–H and O–H groups in total. The number of benzene rings is 1. The number of nitrogens with one attached hydrogen (secondary N) is 1. The van der Waals surface area contributed by atoms with Crippen LogP contribution in [0.1, 0.15) is 12.8 Å². The maximum Gasteiger partial charge on any atom is 0.229 e. The fourth-order valence-electron chi connectivity index (χ4n) is 2.26. The number of anilines is 3. The monoisotopic (exact) mass is 308 g/mol. The van der Waals surface area contributed by atoms with E-state index in [0.29, 0.717) is 21.7 Å². The van der Waals surface area contributed by atoms with E-state index in [-0.39, 0.29) is 0 Å². The third kappa shape index (κ3) is 2.81. The number of aromatic nitrogens is 2. The molecule has 20 heavy (non-hydrogen) atoms. The first-order valence-electron chi connectivity index (χ1n) is 6.53. The van der Waals surface area contributed by atoms with Crippen LogP contribution in [0.5, 0.6) is 0 Å². The molecule has 0 bridgehead atoms.